The average Bonchev–Trinajstić information content (AvgIpc) is 3.43. The fraction of sp³-hybridized carbons (Fsp3) is 0.316. The molecule has 0 unspecified atom stereocenters. The van der Waals surface area contributed by atoms with Crippen LogP contribution in [0.4, 0.5) is 11.1 Å². The SMILES string of the molecule is CC(C)c1noc(N2C=CC(N(C)c3nc(-c4ccc(S(C)(=O)=O)nc4)ns3)=CC2)n1. The maximum atomic E-state index is 11.6. The van der Waals surface area contributed by atoms with Gasteiger partial charge in [0.15, 0.2) is 26.5 Å². The molecule has 0 aromatic carbocycles. The predicted molar refractivity (Wildman–Crippen MR) is 118 cm³/mol. The van der Waals surface area contributed by atoms with E-state index in [1.165, 1.54) is 23.8 Å². The van der Waals surface area contributed by atoms with Gasteiger partial charge in [-0.1, -0.05) is 19.0 Å². The van der Waals surface area contributed by atoms with Gasteiger partial charge in [0.1, 0.15) is 0 Å². The third-order valence-electron chi connectivity index (χ3n) is 4.58. The largest absolute Gasteiger partial charge is 0.328 e. The Labute approximate surface area is 184 Å². The maximum Gasteiger partial charge on any atom is 0.328 e. The van der Waals surface area contributed by atoms with Crippen molar-refractivity contribution in [2.75, 3.05) is 29.6 Å². The van der Waals surface area contributed by atoms with E-state index in [0.29, 0.717) is 34.9 Å². The molecule has 0 amide bonds. The van der Waals surface area contributed by atoms with Crippen LogP contribution in [0.25, 0.3) is 11.4 Å². The molecule has 31 heavy (non-hydrogen) atoms. The third-order valence-corrected chi connectivity index (χ3v) is 6.37. The summed E-state index contributed by atoms with van der Waals surface area (Å²) in [5.74, 6) is 1.37. The van der Waals surface area contributed by atoms with Crippen LogP contribution < -0.4 is 9.80 Å². The molecule has 0 saturated carbocycles. The highest BCUT2D eigenvalue weighted by molar-refractivity contribution is 7.90. The van der Waals surface area contributed by atoms with Crippen LogP contribution in [0.5, 0.6) is 0 Å². The van der Waals surface area contributed by atoms with Gasteiger partial charge in [-0.2, -0.15) is 14.3 Å². The number of hydrogen-bond donors (Lipinski definition) is 0. The summed E-state index contributed by atoms with van der Waals surface area (Å²) >= 11 is 1.25. The summed E-state index contributed by atoms with van der Waals surface area (Å²) in [4.78, 5) is 16.8. The summed E-state index contributed by atoms with van der Waals surface area (Å²) in [5.41, 5.74) is 1.60. The first-order valence-electron chi connectivity index (χ1n) is 9.45. The van der Waals surface area contributed by atoms with Crippen molar-refractivity contribution in [2.45, 2.75) is 24.8 Å². The van der Waals surface area contributed by atoms with E-state index >= 15 is 0 Å². The molecular formula is C19H21N7O3S2. The molecule has 0 atom stereocenters. The molecule has 0 radical (unpaired) electrons. The van der Waals surface area contributed by atoms with Gasteiger partial charge in [0.2, 0.25) is 5.13 Å². The van der Waals surface area contributed by atoms with Gasteiger partial charge in [0, 0.05) is 61.0 Å². The first kappa shape index (κ1) is 21.1. The summed E-state index contributed by atoms with van der Waals surface area (Å²) < 4.78 is 32.8. The van der Waals surface area contributed by atoms with Gasteiger partial charge in [0.05, 0.1) is 0 Å². The zero-order valence-corrected chi connectivity index (χ0v) is 19.1. The number of likely N-dealkylation sites (N-methyl/N-ethyl adjacent to an activating group) is 1. The molecule has 12 heteroatoms. The van der Waals surface area contributed by atoms with E-state index in [1.807, 2.05) is 49.0 Å². The van der Waals surface area contributed by atoms with E-state index < -0.39 is 9.84 Å². The summed E-state index contributed by atoms with van der Waals surface area (Å²) in [6.45, 7) is 4.61. The second-order valence-corrected chi connectivity index (χ2v) is 10.00. The molecule has 10 nitrogen and oxygen atoms in total. The fourth-order valence-corrected chi connectivity index (χ4v) is 4.00. The Balaban J connectivity index is 1.46. The first-order valence-corrected chi connectivity index (χ1v) is 12.1. The van der Waals surface area contributed by atoms with E-state index in [9.17, 15) is 8.42 Å². The van der Waals surface area contributed by atoms with Gasteiger partial charge in [0.25, 0.3) is 0 Å². The molecule has 0 saturated heterocycles. The Morgan fingerprint density at radius 3 is 2.65 bits per heavy atom. The first-order chi connectivity index (χ1) is 14.7. The maximum absolute atomic E-state index is 11.6. The van der Waals surface area contributed by atoms with E-state index in [0.717, 1.165) is 12.0 Å². The summed E-state index contributed by atoms with van der Waals surface area (Å²) in [5, 5.41) is 4.72. The van der Waals surface area contributed by atoms with Crippen molar-refractivity contribution < 1.29 is 12.9 Å². The van der Waals surface area contributed by atoms with Crippen molar-refractivity contribution in [2.24, 2.45) is 0 Å². The van der Waals surface area contributed by atoms with Crippen molar-refractivity contribution >= 4 is 32.5 Å². The van der Waals surface area contributed by atoms with Crippen LogP contribution in [-0.2, 0) is 9.84 Å². The Hall–Kier alpha value is -3.12. The van der Waals surface area contributed by atoms with Crippen molar-refractivity contribution in [3.63, 3.8) is 0 Å². The van der Waals surface area contributed by atoms with Crippen LogP contribution in [0.15, 0.2) is 51.9 Å². The Kier molecular flexibility index (Phi) is 5.58. The zero-order valence-electron chi connectivity index (χ0n) is 17.4. The molecule has 3 aromatic heterocycles. The monoisotopic (exact) mass is 459 g/mol. The van der Waals surface area contributed by atoms with Crippen LogP contribution in [-0.4, -0.2) is 52.7 Å². The number of aromatic nitrogens is 5. The van der Waals surface area contributed by atoms with Crippen molar-refractivity contribution in [3.8, 4) is 11.4 Å². The highest BCUT2D eigenvalue weighted by Crippen LogP contribution is 2.27. The number of hydrogen-bond acceptors (Lipinski definition) is 11. The Morgan fingerprint density at radius 1 is 1.26 bits per heavy atom. The van der Waals surface area contributed by atoms with Crippen molar-refractivity contribution in [3.05, 3.63) is 48.2 Å². The molecule has 1 aliphatic rings. The second kappa shape index (κ2) is 8.19. The number of pyridine rings is 1. The molecule has 0 aliphatic carbocycles. The summed E-state index contributed by atoms with van der Waals surface area (Å²) in [6.07, 6.45) is 8.45. The summed E-state index contributed by atoms with van der Waals surface area (Å²) in [6, 6.07) is 3.57. The predicted octanol–water partition coefficient (Wildman–Crippen LogP) is 2.86. The quantitative estimate of drug-likeness (QED) is 0.544. The molecule has 0 N–H and O–H groups in total. The van der Waals surface area contributed by atoms with Crippen LogP contribution in [0.3, 0.4) is 0 Å². The van der Waals surface area contributed by atoms with E-state index in [2.05, 4.69) is 24.5 Å². The molecule has 4 heterocycles. The molecule has 0 spiro atoms. The molecule has 162 valence electrons. The molecule has 0 bridgehead atoms. The minimum absolute atomic E-state index is 0.0210. The second-order valence-electron chi connectivity index (χ2n) is 7.30. The molecule has 3 aromatic rings. The van der Waals surface area contributed by atoms with Crippen LogP contribution >= 0.6 is 11.5 Å². The lowest BCUT2D eigenvalue weighted by molar-refractivity contribution is 0.411. The van der Waals surface area contributed by atoms with Gasteiger partial charge < -0.3 is 9.42 Å². The van der Waals surface area contributed by atoms with E-state index in [4.69, 9.17) is 4.52 Å². The molecule has 0 fully saturated rings. The number of allylic oxidation sites excluding steroid dienone is 1. The molecule has 4 rings (SSSR count). The van der Waals surface area contributed by atoms with Gasteiger partial charge in [-0.15, -0.1) is 0 Å². The van der Waals surface area contributed by atoms with Crippen molar-refractivity contribution in [1.29, 1.82) is 0 Å². The Bertz CT molecular complexity index is 1240. The standard InChI is InChI=1S/C19H21N7O3S2/c1-12(2)16-21-18(29-23-16)26-9-7-14(8-10-26)25(3)19-22-17(24-30-19)13-5-6-15(20-11-13)31(4,27)28/h5-9,11-12H,10H2,1-4H3. The van der Waals surface area contributed by atoms with Crippen molar-refractivity contribution in [1.82, 2.24) is 24.5 Å². The van der Waals surface area contributed by atoms with E-state index in [-0.39, 0.29) is 10.9 Å². The lowest BCUT2D eigenvalue weighted by atomic mass is 10.2. The lowest BCUT2D eigenvalue weighted by Crippen LogP contribution is -2.24. The van der Waals surface area contributed by atoms with Crippen LogP contribution in [0.2, 0.25) is 0 Å². The minimum atomic E-state index is -3.34. The highest BCUT2D eigenvalue weighted by atomic mass is 32.2. The van der Waals surface area contributed by atoms with Gasteiger partial charge >= 0.3 is 6.01 Å². The smallest absolute Gasteiger partial charge is 0.320 e. The van der Waals surface area contributed by atoms with Crippen LogP contribution in [0.1, 0.15) is 25.6 Å². The average molecular weight is 460 g/mol. The minimum Gasteiger partial charge on any atom is -0.320 e. The lowest BCUT2D eigenvalue weighted by Gasteiger charge is -2.23. The zero-order chi connectivity index (χ0) is 22.2. The van der Waals surface area contributed by atoms with E-state index in [1.54, 1.807) is 6.07 Å². The summed E-state index contributed by atoms with van der Waals surface area (Å²) in [7, 11) is -1.44. The fourth-order valence-electron chi connectivity index (χ4n) is 2.77. The topological polar surface area (TPSA) is 118 Å². The third kappa shape index (κ3) is 4.49. The van der Waals surface area contributed by atoms with Gasteiger partial charge in [-0.25, -0.2) is 13.4 Å². The van der Waals surface area contributed by atoms with Crippen LogP contribution in [0, 0.1) is 0 Å². The number of nitrogens with zero attached hydrogens (tertiary/aromatic N) is 7. The number of anilines is 2. The molecule has 1 aliphatic heterocycles. The Morgan fingerprint density at radius 2 is 2.06 bits per heavy atom. The molecular weight excluding hydrogens is 438 g/mol. The highest BCUT2D eigenvalue weighted by Gasteiger charge is 2.19. The van der Waals surface area contributed by atoms with Gasteiger partial charge in [-0.3, -0.25) is 4.90 Å². The number of sulfone groups is 1. The normalized spacial score (nSPS) is 14.2. The number of rotatable bonds is 6. The van der Waals surface area contributed by atoms with Gasteiger partial charge in [-0.05, 0) is 24.3 Å².